The molecule has 0 radical (unpaired) electrons. The number of thiazole rings is 1. The smallest absolute Gasteiger partial charge is 0.235 e. The molecule has 1 aliphatic rings. The van der Waals surface area contributed by atoms with Crippen molar-refractivity contribution in [2.45, 2.75) is 19.4 Å². The Labute approximate surface area is 155 Å². The lowest BCUT2D eigenvalue weighted by Gasteiger charge is -2.31. The average Bonchev–Trinajstić information content (AvgIpc) is 3.23. The molecule has 0 amide bonds. The Morgan fingerprint density at radius 3 is 2.65 bits per heavy atom. The van der Waals surface area contributed by atoms with E-state index in [2.05, 4.69) is 22.2 Å². The van der Waals surface area contributed by atoms with E-state index in [1.54, 1.807) is 11.6 Å². The van der Waals surface area contributed by atoms with Crippen LogP contribution in [0.3, 0.4) is 0 Å². The van der Waals surface area contributed by atoms with Crippen LogP contribution in [0.4, 0.5) is 0 Å². The van der Waals surface area contributed by atoms with Gasteiger partial charge in [0.25, 0.3) is 0 Å². The number of quaternary nitrogens is 1. The number of methoxy groups -OCH3 is 1. The fraction of sp³-hybridized carbons (Fsp3) is 0.444. The predicted octanol–water partition coefficient (Wildman–Crippen LogP) is 1.07. The van der Waals surface area contributed by atoms with Crippen LogP contribution in [0.5, 0.6) is 11.6 Å². The van der Waals surface area contributed by atoms with Crippen molar-refractivity contribution in [3.05, 3.63) is 40.5 Å². The molecule has 2 aromatic heterocycles. The van der Waals surface area contributed by atoms with E-state index in [4.69, 9.17) is 9.47 Å². The van der Waals surface area contributed by atoms with Gasteiger partial charge in [-0.1, -0.05) is 18.3 Å². The Balaban J connectivity index is 1.78. The van der Waals surface area contributed by atoms with Gasteiger partial charge in [-0.2, -0.15) is 4.52 Å². The second-order valence-electron chi connectivity index (χ2n) is 6.34. The van der Waals surface area contributed by atoms with Crippen molar-refractivity contribution in [2.24, 2.45) is 0 Å². The largest absolute Gasteiger partial charge is 0.497 e. The summed E-state index contributed by atoms with van der Waals surface area (Å²) in [6.07, 6.45) is 0.750. The molecule has 0 spiro atoms. The number of morpholine rings is 1. The van der Waals surface area contributed by atoms with Gasteiger partial charge in [0.2, 0.25) is 10.8 Å². The molecule has 1 atom stereocenters. The van der Waals surface area contributed by atoms with E-state index in [-0.39, 0.29) is 11.9 Å². The minimum Gasteiger partial charge on any atom is -0.497 e. The average molecular weight is 375 g/mol. The van der Waals surface area contributed by atoms with Crippen LogP contribution in [0.15, 0.2) is 24.3 Å². The van der Waals surface area contributed by atoms with Crippen LogP contribution >= 0.6 is 11.3 Å². The molecule has 1 aliphatic heterocycles. The van der Waals surface area contributed by atoms with Crippen LogP contribution in [-0.2, 0) is 11.2 Å². The van der Waals surface area contributed by atoms with Crippen LogP contribution in [-0.4, -0.2) is 53.1 Å². The lowest BCUT2D eigenvalue weighted by Crippen LogP contribution is -3.14. The highest BCUT2D eigenvalue weighted by Crippen LogP contribution is 2.35. The normalized spacial score (nSPS) is 16.8. The molecule has 0 bridgehead atoms. The number of benzene rings is 1. The highest BCUT2D eigenvalue weighted by molar-refractivity contribution is 7.17. The van der Waals surface area contributed by atoms with Crippen LogP contribution in [0.1, 0.15) is 29.2 Å². The second kappa shape index (κ2) is 7.22. The maximum Gasteiger partial charge on any atom is 0.235 e. The van der Waals surface area contributed by atoms with Gasteiger partial charge in [-0.15, -0.1) is 5.10 Å². The third kappa shape index (κ3) is 3.04. The van der Waals surface area contributed by atoms with Gasteiger partial charge in [0.1, 0.15) is 23.7 Å². The van der Waals surface area contributed by atoms with Crippen LogP contribution in [0, 0.1) is 0 Å². The minimum absolute atomic E-state index is 0.0170. The van der Waals surface area contributed by atoms with Gasteiger partial charge in [-0.3, -0.25) is 0 Å². The fourth-order valence-electron chi connectivity index (χ4n) is 3.42. The zero-order chi connectivity index (χ0) is 18.1. The van der Waals surface area contributed by atoms with E-state index >= 15 is 0 Å². The molecule has 0 saturated carbocycles. The second-order valence-corrected chi connectivity index (χ2v) is 7.35. The van der Waals surface area contributed by atoms with Crippen molar-refractivity contribution >= 4 is 16.3 Å². The van der Waals surface area contributed by atoms with Crippen molar-refractivity contribution < 1.29 is 19.5 Å². The highest BCUT2D eigenvalue weighted by atomic mass is 32.1. The summed E-state index contributed by atoms with van der Waals surface area (Å²) in [6.45, 7) is 5.25. The SMILES string of the molecule is CCc1nc2sc([C@@H](c3ccc(OC)cc3)[NH+]3CCOCC3)c(O)n2n1. The first-order valence-corrected chi connectivity index (χ1v) is 9.66. The molecule has 8 heteroatoms. The number of nitrogens with one attached hydrogen (secondary N) is 1. The summed E-state index contributed by atoms with van der Waals surface area (Å²) in [6, 6.07) is 8.08. The highest BCUT2D eigenvalue weighted by Gasteiger charge is 2.33. The number of hydrogen-bond acceptors (Lipinski definition) is 6. The molecule has 7 nitrogen and oxygen atoms in total. The predicted molar refractivity (Wildman–Crippen MR) is 98.3 cm³/mol. The number of nitrogens with zero attached hydrogens (tertiary/aromatic N) is 3. The van der Waals surface area contributed by atoms with Crippen LogP contribution in [0.25, 0.3) is 4.96 Å². The summed E-state index contributed by atoms with van der Waals surface area (Å²) in [5, 5.41) is 15.3. The van der Waals surface area contributed by atoms with E-state index < -0.39 is 0 Å². The Morgan fingerprint density at radius 2 is 2.04 bits per heavy atom. The van der Waals surface area contributed by atoms with Crippen molar-refractivity contribution in [1.29, 1.82) is 0 Å². The number of fused-ring (bicyclic) bond motifs is 1. The molecule has 2 N–H and O–H groups in total. The van der Waals surface area contributed by atoms with Crippen molar-refractivity contribution in [2.75, 3.05) is 33.4 Å². The number of hydrogen-bond donors (Lipinski definition) is 2. The lowest BCUT2D eigenvalue weighted by atomic mass is 10.0. The monoisotopic (exact) mass is 375 g/mol. The summed E-state index contributed by atoms with van der Waals surface area (Å²) in [7, 11) is 1.66. The van der Waals surface area contributed by atoms with Crippen molar-refractivity contribution in [3.63, 3.8) is 0 Å². The Morgan fingerprint density at radius 1 is 1.31 bits per heavy atom. The minimum atomic E-state index is 0.0170. The van der Waals surface area contributed by atoms with E-state index in [9.17, 15) is 5.11 Å². The van der Waals surface area contributed by atoms with Crippen molar-refractivity contribution in [1.82, 2.24) is 14.6 Å². The molecule has 26 heavy (non-hydrogen) atoms. The number of rotatable bonds is 5. The van der Waals surface area contributed by atoms with E-state index in [1.165, 1.54) is 16.2 Å². The summed E-state index contributed by atoms with van der Waals surface area (Å²) in [5.41, 5.74) is 1.14. The molecule has 0 unspecified atom stereocenters. The van der Waals surface area contributed by atoms with Crippen LogP contribution in [0.2, 0.25) is 0 Å². The number of aromatic nitrogens is 3. The first-order valence-electron chi connectivity index (χ1n) is 8.84. The number of ether oxygens (including phenoxy) is 2. The third-order valence-electron chi connectivity index (χ3n) is 4.81. The molecule has 3 aromatic rings. The van der Waals surface area contributed by atoms with Crippen LogP contribution < -0.4 is 9.64 Å². The Kier molecular flexibility index (Phi) is 4.80. The lowest BCUT2D eigenvalue weighted by molar-refractivity contribution is -0.932. The van der Waals surface area contributed by atoms with E-state index in [0.717, 1.165) is 59.7 Å². The fourth-order valence-corrected chi connectivity index (χ4v) is 4.58. The number of aromatic hydroxyl groups is 1. The molecule has 3 heterocycles. The molecule has 0 aliphatic carbocycles. The zero-order valence-corrected chi connectivity index (χ0v) is 15.8. The molecular formula is C18H23N4O3S+. The van der Waals surface area contributed by atoms with Gasteiger partial charge in [-0.25, -0.2) is 4.98 Å². The Bertz CT molecular complexity index is 884. The molecule has 1 aromatic carbocycles. The quantitative estimate of drug-likeness (QED) is 0.698. The molecule has 138 valence electrons. The standard InChI is InChI=1S/C18H22N4O3S/c1-3-14-19-18-22(20-14)17(23)16(26-18)15(21-8-10-25-11-9-21)12-4-6-13(24-2)7-5-12/h4-7,15,23H,3,8-11H2,1-2H3/p+1/t15-/m1/s1. The maximum atomic E-state index is 10.9. The Hall–Kier alpha value is -2.16. The summed E-state index contributed by atoms with van der Waals surface area (Å²) < 4.78 is 12.4. The van der Waals surface area contributed by atoms with Gasteiger partial charge < -0.3 is 19.5 Å². The van der Waals surface area contributed by atoms with Gasteiger partial charge in [-0.05, 0) is 24.3 Å². The third-order valence-corrected chi connectivity index (χ3v) is 5.90. The van der Waals surface area contributed by atoms with Crippen molar-refractivity contribution in [3.8, 4) is 11.6 Å². The molecule has 1 fully saturated rings. The molecular weight excluding hydrogens is 352 g/mol. The number of aryl methyl sites for hydroxylation is 1. The van der Waals surface area contributed by atoms with Gasteiger partial charge in [0.15, 0.2) is 11.9 Å². The zero-order valence-electron chi connectivity index (χ0n) is 14.9. The van der Waals surface area contributed by atoms with Gasteiger partial charge >= 0.3 is 0 Å². The summed E-state index contributed by atoms with van der Waals surface area (Å²) in [5.74, 6) is 1.76. The van der Waals surface area contributed by atoms with E-state index in [1.807, 2.05) is 19.1 Å². The van der Waals surface area contributed by atoms with Gasteiger partial charge in [0, 0.05) is 12.0 Å². The first kappa shape index (κ1) is 17.3. The molecule has 4 rings (SSSR count). The first-order chi connectivity index (χ1) is 12.7. The maximum absolute atomic E-state index is 10.9. The summed E-state index contributed by atoms with van der Waals surface area (Å²) in [4.78, 5) is 7.52. The molecule has 1 saturated heterocycles. The van der Waals surface area contributed by atoms with Gasteiger partial charge in [0.05, 0.1) is 20.3 Å². The topological polar surface area (TPSA) is 73.3 Å². The van der Waals surface area contributed by atoms with E-state index in [0.29, 0.717) is 0 Å². The summed E-state index contributed by atoms with van der Waals surface area (Å²) >= 11 is 1.51.